The molecule has 1 fully saturated rings. The third-order valence-electron chi connectivity index (χ3n) is 1.88. The number of hydrogen-bond acceptors (Lipinski definition) is 4. The fraction of sp³-hybridized carbons (Fsp3) is 0.833. The molecular weight excluding hydrogens is 182 g/mol. The van der Waals surface area contributed by atoms with Crippen molar-refractivity contribution in [3.05, 3.63) is 0 Å². The van der Waals surface area contributed by atoms with E-state index in [1.165, 1.54) is 0 Å². The SMILES string of the molecule is N[C@H](CC1CS(=O)(=O)C1)C(=O)O. The quantitative estimate of drug-likeness (QED) is 0.588. The maximum Gasteiger partial charge on any atom is 0.320 e. The molecule has 0 bridgehead atoms. The first-order chi connectivity index (χ1) is 5.41. The van der Waals surface area contributed by atoms with Crippen molar-refractivity contribution < 1.29 is 18.3 Å². The molecule has 3 N–H and O–H groups in total. The van der Waals surface area contributed by atoms with Gasteiger partial charge in [0.15, 0.2) is 9.84 Å². The van der Waals surface area contributed by atoms with Crippen molar-refractivity contribution in [2.75, 3.05) is 11.5 Å². The van der Waals surface area contributed by atoms with Gasteiger partial charge in [0.25, 0.3) is 0 Å². The minimum atomic E-state index is -2.85. The minimum absolute atomic E-state index is 0.0545. The van der Waals surface area contributed by atoms with Gasteiger partial charge in [-0.1, -0.05) is 0 Å². The molecule has 5 nitrogen and oxygen atoms in total. The number of carbonyl (C=O) groups is 1. The first-order valence-corrected chi connectivity index (χ1v) is 5.41. The van der Waals surface area contributed by atoms with E-state index in [0.29, 0.717) is 0 Å². The smallest absolute Gasteiger partial charge is 0.320 e. The lowest BCUT2D eigenvalue weighted by molar-refractivity contribution is -0.138. The van der Waals surface area contributed by atoms with Crippen LogP contribution in [0.4, 0.5) is 0 Å². The maximum absolute atomic E-state index is 10.7. The van der Waals surface area contributed by atoms with Crippen LogP contribution in [0.2, 0.25) is 0 Å². The normalized spacial score (nSPS) is 24.4. The molecule has 12 heavy (non-hydrogen) atoms. The van der Waals surface area contributed by atoms with E-state index >= 15 is 0 Å². The predicted octanol–water partition coefficient (Wildman–Crippen LogP) is -1.17. The van der Waals surface area contributed by atoms with Gasteiger partial charge in [-0.3, -0.25) is 4.79 Å². The molecule has 1 saturated heterocycles. The molecule has 6 heteroatoms. The maximum atomic E-state index is 10.7. The van der Waals surface area contributed by atoms with Crippen LogP contribution in [0, 0.1) is 5.92 Å². The molecule has 1 rings (SSSR count). The lowest BCUT2D eigenvalue weighted by Crippen LogP contribution is -2.42. The first-order valence-electron chi connectivity index (χ1n) is 3.59. The monoisotopic (exact) mass is 193 g/mol. The number of rotatable bonds is 3. The van der Waals surface area contributed by atoms with E-state index in [0.717, 1.165) is 0 Å². The third kappa shape index (κ3) is 2.18. The van der Waals surface area contributed by atoms with Crippen molar-refractivity contribution in [1.29, 1.82) is 0 Å². The molecule has 1 heterocycles. The van der Waals surface area contributed by atoms with Crippen LogP contribution in [-0.4, -0.2) is 37.0 Å². The molecule has 0 spiro atoms. The summed E-state index contributed by atoms with van der Waals surface area (Å²) in [6, 6.07) is -0.925. The highest BCUT2D eigenvalue weighted by molar-refractivity contribution is 7.92. The fourth-order valence-corrected chi connectivity index (χ4v) is 2.88. The van der Waals surface area contributed by atoms with Crippen LogP contribution in [0.15, 0.2) is 0 Å². The lowest BCUT2D eigenvalue weighted by atomic mass is 10.0. The summed E-state index contributed by atoms with van der Waals surface area (Å²) in [7, 11) is -2.85. The summed E-state index contributed by atoms with van der Waals surface area (Å²) in [5.74, 6) is -0.942. The fourth-order valence-electron chi connectivity index (χ4n) is 1.27. The Bertz CT molecular complexity index is 272. The molecule has 0 aromatic carbocycles. The second-order valence-electron chi connectivity index (χ2n) is 3.12. The van der Waals surface area contributed by atoms with Gasteiger partial charge in [-0.2, -0.15) is 0 Å². The molecule has 0 amide bonds. The summed E-state index contributed by atoms with van der Waals surface area (Å²) in [5, 5.41) is 8.41. The molecule has 0 aliphatic carbocycles. The van der Waals surface area contributed by atoms with Crippen molar-refractivity contribution in [2.24, 2.45) is 11.7 Å². The van der Waals surface area contributed by atoms with Crippen molar-refractivity contribution >= 4 is 15.8 Å². The number of sulfone groups is 1. The van der Waals surface area contributed by atoms with Gasteiger partial charge in [0.1, 0.15) is 6.04 Å². The van der Waals surface area contributed by atoms with Crippen molar-refractivity contribution in [3.63, 3.8) is 0 Å². The van der Waals surface area contributed by atoms with Gasteiger partial charge < -0.3 is 10.8 Å². The van der Waals surface area contributed by atoms with Crippen molar-refractivity contribution in [3.8, 4) is 0 Å². The van der Waals surface area contributed by atoms with Crippen LogP contribution < -0.4 is 5.73 Å². The number of carboxylic acids is 1. The number of carboxylic acid groups (broad SMARTS) is 1. The van der Waals surface area contributed by atoms with Gasteiger partial charge in [-0.05, 0) is 12.3 Å². The summed E-state index contributed by atoms with van der Waals surface area (Å²) in [4.78, 5) is 10.3. The van der Waals surface area contributed by atoms with Crippen LogP contribution in [-0.2, 0) is 14.6 Å². The molecule has 0 aromatic heterocycles. The lowest BCUT2D eigenvalue weighted by Gasteiger charge is -2.26. The Morgan fingerprint density at radius 1 is 1.58 bits per heavy atom. The second kappa shape index (κ2) is 3.02. The van der Waals surface area contributed by atoms with E-state index in [2.05, 4.69) is 0 Å². The van der Waals surface area contributed by atoms with E-state index in [4.69, 9.17) is 10.8 Å². The Hall–Kier alpha value is -0.620. The summed E-state index contributed by atoms with van der Waals surface area (Å²) in [6.07, 6.45) is 0.258. The molecule has 0 radical (unpaired) electrons. The van der Waals surface area contributed by atoms with Gasteiger partial charge in [0.05, 0.1) is 11.5 Å². The molecule has 0 unspecified atom stereocenters. The van der Waals surface area contributed by atoms with Crippen molar-refractivity contribution in [2.45, 2.75) is 12.5 Å². The number of hydrogen-bond donors (Lipinski definition) is 2. The minimum Gasteiger partial charge on any atom is -0.480 e. The zero-order valence-electron chi connectivity index (χ0n) is 6.43. The van der Waals surface area contributed by atoms with Gasteiger partial charge >= 0.3 is 5.97 Å². The molecule has 1 atom stereocenters. The average molecular weight is 193 g/mol. The molecule has 1 aliphatic rings. The van der Waals surface area contributed by atoms with Gasteiger partial charge in [-0.25, -0.2) is 8.42 Å². The van der Waals surface area contributed by atoms with Gasteiger partial charge in [-0.15, -0.1) is 0 Å². The number of aliphatic carboxylic acids is 1. The van der Waals surface area contributed by atoms with Crippen LogP contribution >= 0.6 is 0 Å². The van der Waals surface area contributed by atoms with E-state index in [9.17, 15) is 13.2 Å². The Labute approximate surface area is 70.5 Å². The van der Waals surface area contributed by atoms with Gasteiger partial charge in [0, 0.05) is 0 Å². The highest BCUT2D eigenvalue weighted by Crippen LogP contribution is 2.22. The van der Waals surface area contributed by atoms with Crippen LogP contribution in [0.5, 0.6) is 0 Å². The summed E-state index contributed by atoms with van der Waals surface area (Å²) in [6.45, 7) is 0. The molecule has 70 valence electrons. The molecule has 1 aliphatic heterocycles. The predicted molar refractivity (Wildman–Crippen MR) is 42.4 cm³/mol. The average Bonchev–Trinajstić information content (AvgIpc) is 1.83. The van der Waals surface area contributed by atoms with Gasteiger partial charge in [0.2, 0.25) is 0 Å². The van der Waals surface area contributed by atoms with Crippen LogP contribution in [0.3, 0.4) is 0 Å². The largest absolute Gasteiger partial charge is 0.480 e. The first kappa shape index (κ1) is 9.47. The van der Waals surface area contributed by atoms with E-state index in [1.54, 1.807) is 0 Å². The standard InChI is InChI=1S/C6H11NO4S/c7-5(6(8)9)1-4-2-12(10,11)3-4/h4-5H,1-3,7H2,(H,8,9)/t5-/m1/s1. The molecule has 0 saturated carbocycles. The Morgan fingerprint density at radius 2 is 2.08 bits per heavy atom. The van der Waals surface area contributed by atoms with Crippen LogP contribution in [0.25, 0.3) is 0 Å². The van der Waals surface area contributed by atoms with E-state index < -0.39 is 21.8 Å². The number of nitrogens with two attached hydrogens (primary N) is 1. The summed E-state index contributed by atoms with van der Waals surface area (Å²) >= 11 is 0. The second-order valence-corrected chi connectivity index (χ2v) is 5.28. The topological polar surface area (TPSA) is 97.5 Å². The Kier molecular flexibility index (Phi) is 2.39. The Balaban J connectivity index is 2.32. The van der Waals surface area contributed by atoms with Crippen molar-refractivity contribution in [1.82, 2.24) is 0 Å². The van der Waals surface area contributed by atoms with E-state index in [1.807, 2.05) is 0 Å². The highest BCUT2D eigenvalue weighted by Gasteiger charge is 2.35. The zero-order chi connectivity index (χ0) is 9.35. The third-order valence-corrected chi connectivity index (χ3v) is 3.84. The summed E-state index contributed by atoms with van der Waals surface area (Å²) < 4.78 is 21.3. The molecular formula is C6H11NO4S. The Morgan fingerprint density at radius 3 is 2.42 bits per heavy atom. The zero-order valence-corrected chi connectivity index (χ0v) is 7.25. The van der Waals surface area contributed by atoms with E-state index in [-0.39, 0.29) is 23.8 Å². The van der Waals surface area contributed by atoms with Crippen LogP contribution in [0.1, 0.15) is 6.42 Å². The summed E-state index contributed by atoms with van der Waals surface area (Å²) in [5.41, 5.74) is 5.22. The molecule has 0 aromatic rings. The highest BCUT2D eigenvalue weighted by atomic mass is 32.2.